The second-order valence-electron chi connectivity index (χ2n) is 0. The van der Waals surface area contributed by atoms with Crippen molar-refractivity contribution in [2.45, 2.75) is 0 Å². The van der Waals surface area contributed by atoms with Crippen LogP contribution < -0.4 is 0 Å². The molecular weight excluding hydrogens is 235 g/mol. The maximum atomic E-state index is 0. The maximum Gasteiger partial charge on any atom is 0 e. The monoisotopic (exact) mass is 235 g/mol. The average molecular weight is 235 g/mol. The molecular formula is Co3Ni. The third-order valence-corrected chi connectivity index (χ3v) is 0. The summed E-state index contributed by atoms with van der Waals surface area (Å²) >= 11 is 0. The first-order chi connectivity index (χ1) is 0. The predicted octanol–water partition coefficient (Wildman–Crippen LogP) is -0.0100. The van der Waals surface area contributed by atoms with Gasteiger partial charge < -0.3 is 0 Å². The fourth-order valence-electron chi connectivity index (χ4n) is 0. The normalized spacial score (nSPS) is 0. The van der Waals surface area contributed by atoms with Crippen LogP contribution in [-0.2, 0) is 66.8 Å². The van der Waals surface area contributed by atoms with Crippen molar-refractivity contribution < 1.29 is 66.8 Å². The van der Waals surface area contributed by atoms with Crippen LogP contribution >= 0.6 is 0 Å². The Balaban J connectivity index is 0. The summed E-state index contributed by atoms with van der Waals surface area (Å²) in [6.45, 7) is 0. The number of hydrogen-bond acceptors (Lipinski definition) is 0. The molecule has 0 aromatic rings. The van der Waals surface area contributed by atoms with Crippen LogP contribution in [0.5, 0.6) is 0 Å². The van der Waals surface area contributed by atoms with Crippen molar-refractivity contribution in [2.24, 2.45) is 0 Å². The van der Waals surface area contributed by atoms with Gasteiger partial charge in [0, 0.05) is 66.8 Å². The van der Waals surface area contributed by atoms with Gasteiger partial charge in [-0.2, -0.15) is 0 Å². The minimum Gasteiger partial charge on any atom is 0 e. The van der Waals surface area contributed by atoms with Crippen molar-refractivity contribution in [3.05, 3.63) is 0 Å². The van der Waals surface area contributed by atoms with E-state index in [1.165, 1.54) is 0 Å². The fraction of sp³-hybridized carbons (Fsp3) is 0. The molecule has 0 aliphatic rings. The van der Waals surface area contributed by atoms with E-state index in [1.807, 2.05) is 0 Å². The zero-order chi connectivity index (χ0) is 0. The Morgan fingerprint density at radius 1 is 0.500 bits per heavy atom. The maximum absolute atomic E-state index is 0. The minimum absolute atomic E-state index is 0. The first-order valence-electron chi connectivity index (χ1n) is 0. The Morgan fingerprint density at radius 3 is 0.500 bits per heavy atom. The molecule has 0 aromatic carbocycles. The Kier molecular flexibility index (Phi) is 186. The molecule has 3 radical (unpaired) electrons. The molecule has 0 bridgehead atoms. The van der Waals surface area contributed by atoms with Crippen molar-refractivity contribution in [1.29, 1.82) is 0 Å². The van der Waals surface area contributed by atoms with E-state index in [2.05, 4.69) is 0 Å². The third kappa shape index (κ3) is 8.99. The molecule has 4 heavy (non-hydrogen) atoms. The molecule has 0 saturated carbocycles. The van der Waals surface area contributed by atoms with Gasteiger partial charge in [0.05, 0.1) is 0 Å². The molecule has 0 fully saturated rings. The van der Waals surface area contributed by atoms with Crippen LogP contribution in [0.3, 0.4) is 0 Å². The van der Waals surface area contributed by atoms with Crippen LogP contribution in [0, 0.1) is 0 Å². The molecule has 0 heterocycles. The molecule has 0 rings (SSSR count). The van der Waals surface area contributed by atoms with Crippen LogP contribution in [0.15, 0.2) is 0 Å². The quantitative estimate of drug-likeness (QED) is 0.518. The van der Waals surface area contributed by atoms with E-state index in [4.69, 9.17) is 0 Å². The van der Waals surface area contributed by atoms with Crippen molar-refractivity contribution >= 4 is 0 Å². The standard InChI is InChI=1S/3Co.Ni. The average Bonchev–Trinajstić information content (AvgIpc) is 0. The number of hydrogen-bond donors (Lipinski definition) is 0. The molecule has 0 unspecified atom stereocenters. The van der Waals surface area contributed by atoms with Gasteiger partial charge in [-0.05, 0) is 0 Å². The molecule has 0 nitrogen and oxygen atoms in total. The third-order valence-electron chi connectivity index (χ3n) is 0. The largest absolute Gasteiger partial charge is 0 e. The van der Waals surface area contributed by atoms with Crippen molar-refractivity contribution in [1.82, 2.24) is 0 Å². The fourth-order valence-corrected chi connectivity index (χ4v) is 0. The van der Waals surface area contributed by atoms with E-state index < -0.39 is 0 Å². The molecule has 0 amide bonds. The molecule has 0 saturated heterocycles. The van der Waals surface area contributed by atoms with Crippen LogP contribution in [0.4, 0.5) is 0 Å². The Morgan fingerprint density at radius 2 is 0.500 bits per heavy atom. The second kappa shape index (κ2) is 19.9. The van der Waals surface area contributed by atoms with Crippen molar-refractivity contribution in [2.75, 3.05) is 0 Å². The molecule has 0 spiro atoms. The summed E-state index contributed by atoms with van der Waals surface area (Å²) in [6.07, 6.45) is 0. The van der Waals surface area contributed by atoms with E-state index in [9.17, 15) is 0 Å². The van der Waals surface area contributed by atoms with E-state index in [1.54, 1.807) is 0 Å². The van der Waals surface area contributed by atoms with E-state index >= 15 is 0 Å². The van der Waals surface area contributed by atoms with Gasteiger partial charge in [0.1, 0.15) is 0 Å². The van der Waals surface area contributed by atoms with Gasteiger partial charge in [0.2, 0.25) is 0 Å². The SMILES string of the molecule is [Co].[Co].[Co].[Ni]. The van der Waals surface area contributed by atoms with E-state index in [-0.39, 0.29) is 66.8 Å². The molecule has 4 heteroatoms. The van der Waals surface area contributed by atoms with Gasteiger partial charge in [-0.3, -0.25) is 0 Å². The summed E-state index contributed by atoms with van der Waals surface area (Å²) in [5.41, 5.74) is 0. The molecule has 0 aliphatic carbocycles. The van der Waals surface area contributed by atoms with Crippen molar-refractivity contribution in [3.63, 3.8) is 0 Å². The first-order valence-corrected chi connectivity index (χ1v) is 0. The summed E-state index contributed by atoms with van der Waals surface area (Å²) < 4.78 is 0. The molecule has 0 aromatic heterocycles. The van der Waals surface area contributed by atoms with Gasteiger partial charge in [0.15, 0.2) is 0 Å². The summed E-state index contributed by atoms with van der Waals surface area (Å²) in [7, 11) is 0. The smallest absolute Gasteiger partial charge is 0 e. The van der Waals surface area contributed by atoms with Gasteiger partial charge in [-0.15, -0.1) is 0 Å². The Hall–Kier alpha value is 2.01. The van der Waals surface area contributed by atoms with Crippen LogP contribution in [0.1, 0.15) is 0 Å². The minimum atomic E-state index is 0. The van der Waals surface area contributed by atoms with Gasteiger partial charge in [-0.25, -0.2) is 0 Å². The zero-order valence-corrected chi connectivity index (χ0v) is 5.43. The molecule has 0 aliphatic heterocycles. The molecule has 0 N–H and O–H groups in total. The number of rotatable bonds is 0. The molecule has 0 atom stereocenters. The van der Waals surface area contributed by atoms with Gasteiger partial charge in [0.25, 0.3) is 0 Å². The second-order valence-corrected chi connectivity index (χ2v) is 0. The predicted molar refractivity (Wildman–Crippen MR) is 0 cm³/mol. The van der Waals surface area contributed by atoms with Crippen LogP contribution in [0.25, 0.3) is 0 Å². The zero-order valence-electron chi connectivity index (χ0n) is 1.32. The summed E-state index contributed by atoms with van der Waals surface area (Å²) in [4.78, 5) is 0. The summed E-state index contributed by atoms with van der Waals surface area (Å²) in [5, 5.41) is 0. The van der Waals surface area contributed by atoms with Gasteiger partial charge in [-0.1, -0.05) is 0 Å². The first kappa shape index (κ1) is 37.3. The Labute approximate surface area is 66.4 Å². The summed E-state index contributed by atoms with van der Waals surface area (Å²) in [6, 6.07) is 0. The van der Waals surface area contributed by atoms with E-state index in [0.717, 1.165) is 0 Å². The van der Waals surface area contributed by atoms with Crippen LogP contribution in [0.2, 0.25) is 0 Å². The summed E-state index contributed by atoms with van der Waals surface area (Å²) in [5.74, 6) is 0. The Bertz CT molecular complexity index is 3.25. The topological polar surface area (TPSA) is 0 Å². The molecule has 37 valence electrons. The van der Waals surface area contributed by atoms with Gasteiger partial charge >= 0.3 is 0 Å². The van der Waals surface area contributed by atoms with Crippen LogP contribution in [-0.4, -0.2) is 0 Å². The van der Waals surface area contributed by atoms with Crippen molar-refractivity contribution in [3.8, 4) is 0 Å². The van der Waals surface area contributed by atoms with E-state index in [0.29, 0.717) is 0 Å².